The Morgan fingerprint density at radius 2 is 1.92 bits per heavy atom. The van der Waals surface area contributed by atoms with Gasteiger partial charge in [-0.2, -0.15) is 4.72 Å². The molecule has 3 N–H and O–H groups in total. The first-order chi connectivity index (χ1) is 11.8. The van der Waals surface area contributed by atoms with Crippen LogP contribution < -0.4 is 10.5 Å². The molecule has 0 aliphatic carbocycles. The van der Waals surface area contributed by atoms with Crippen molar-refractivity contribution in [1.82, 2.24) is 4.72 Å². The molecule has 0 atom stereocenters. The molecule has 0 aliphatic heterocycles. The summed E-state index contributed by atoms with van der Waals surface area (Å²) >= 11 is 0.981. The molecule has 0 spiro atoms. The highest BCUT2D eigenvalue weighted by Crippen LogP contribution is 2.22. The van der Waals surface area contributed by atoms with Gasteiger partial charge in [-0.1, -0.05) is 11.8 Å². The lowest BCUT2D eigenvalue weighted by Gasteiger charge is -2.04. The highest BCUT2D eigenvalue weighted by molar-refractivity contribution is 7.89. The van der Waals surface area contributed by atoms with E-state index in [1.165, 1.54) is 30.7 Å². The van der Waals surface area contributed by atoms with E-state index in [-0.39, 0.29) is 16.3 Å². The van der Waals surface area contributed by atoms with Gasteiger partial charge in [0.2, 0.25) is 15.9 Å². The summed E-state index contributed by atoms with van der Waals surface area (Å²) in [6.45, 7) is -0.142. The molecule has 0 fully saturated rings. The Bertz CT molecular complexity index is 950. The summed E-state index contributed by atoms with van der Waals surface area (Å²) in [5.41, 5.74) is 6.11. The van der Waals surface area contributed by atoms with E-state index in [1.54, 1.807) is 12.1 Å². The molecule has 0 saturated heterocycles. The second-order valence-electron chi connectivity index (χ2n) is 4.67. The van der Waals surface area contributed by atoms with Crippen LogP contribution in [0.4, 0.5) is 0 Å². The molecule has 2 aromatic rings. The summed E-state index contributed by atoms with van der Waals surface area (Å²) in [7, 11) is -2.70. The molecule has 25 heavy (non-hydrogen) atoms. The number of amides is 1. The fourth-order valence-electron chi connectivity index (χ4n) is 1.82. The molecule has 0 bridgehead atoms. The maximum Gasteiger partial charge on any atom is 0.349 e. The van der Waals surface area contributed by atoms with Gasteiger partial charge in [0, 0.05) is 11.1 Å². The molecule has 1 amide bonds. The first-order valence-corrected chi connectivity index (χ1v) is 9.25. The Morgan fingerprint density at radius 1 is 1.24 bits per heavy atom. The molecule has 1 heterocycles. The van der Waals surface area contributed by atoms with E-state index >= 15 is 0 Å². The monoisotopic (exact) mass is 378 g/mol. The van der Waals surface area contributed by atoms with Crippen LogP contribution in [0.25, 0.3) is 0 Å². The molecular formula is C16H14N2O5S2. The smallest absolute Gasteiger partial charge is 0.349 e. The fourth-order valence-corrected chi connectivity index (χ4v) is 4.08. The number of hydrogen-bond acceptors (Lipinski definition) is 6. The predicted octanol–water partition coefficient (Wildman–Crippen LogP) is 0.964. The fraction of sp³-hybridized carbons (Fsp3) is 0.125. The van der Waals surface area contributed by atoms with Crippen molar-refractivity contribution in [2.24, 2.45) is 5.73 Å². The van der Waals surface area contributed by atoms with Crippen molar-refractivity contribution in [3.05, 3.63) is 51.7 Å². The molecule has 130 valence electrons. The number of thiophene rings is 1. The number of sulfonamides is 1. The number of carbonyl (C=O) groups is 2. The second-order valence-corrected chi connectivity index (χ2v) is 7.32. The van der Waals surface area contributed by atoms with Gasteiger partial charge in [-0.05, 0) is 35.7 Å². The van der Waals surface area contributed by atoms with Crippen molar-refractivity contribution in [2.75, 3.05) is 13.7 Å². The van der Waals surface area contributed by atoms with Crippen LogP contribution >= 0.6 is 11.3 Å². The second kappa shape index (κ2) is 7.94. The van der Waals surface area contributed by atoms with Gasteiger partial charge in [-0.25, -0.2) is 13.2 Å². The zero-order chi connectivity index (χ0) is 18.4. The van der Waals surface area contributed by atoms with E-state index < -0.39 is 21.9 Å². The third kappa shape index (κ3) is 4.67. The first kappa shape index (κ1) is 18.7. The highest BCUT2D eigenvalue weighted by atomic mass is 32.2. The standard InChI is InChI=1S/C16H14N2O5S2/c1-23-16(20)14-13(8-10-24-14)25(21,22)18-9-2-3-11-4-6-12(7-5-11)15(17)19/h4-8,10,18H,9H2,1H3,(H2,17,19). The number of hydrogen-bond donors (Lipinski definition) is 2. The third-order valence-corrected chi connectivity index (χ3v) is 5.51. The highest BCUT2D eigenvalue weighted by Gasteiger charge is 2.23. The summed E-state index contributed by atoms with van der Waals surface area (Å²) < 4.78 is 31.3. The molecule has 0 unspecified atom stereocenters. The van der Waals surface area contributed by atoms with E-state index in [1.807, 2.05) is 0 Å². The quantitative estimate of drug-likeness (QED) is 0.594. The first-order valence-electron chi connectivity index (χ1n) is 6.89. The van der Waals surface area contributed by atoms with Crippen LogP contribution in [0, 0.1) is 11.8 Å². The number of primary amides is 1. The van der Waals surface area contributed by atoms with Gasteiger partial charge in [-0.15, -0.1) is 11.3 Å². The number of esters is 1. The van der Waals surface area contributed by atoms with Crippen molar-refractivity contribution >= 4 is 33.2 Å². The Labute approximate surface area is 148 Å². The molecule has 9 heteroatoms. The Balaban J connectivity index is 2.05. The summed E-state index contributed by atoms with van der Waals surface area (Å²) in [6.07, 6.45) is 0. The average molecular weight is 378 g/mol. The maximum atomic E-state index is 12.2. The molecule has 0 aliphatic rings. The Hall–Kier alpha value is -2.67. The van der Waals surface area contributed by atoms with Crippen molar-refractivity contribution in [1.29, 1.82) is 0 Å². The van der Waals surface area contributed by atoms with Crippen molar-refractivity contribution in [3.8, 4) is 11.8 Å². The van der Waals surface area contributed by atoms with E-state index in [2.05, 4.69) is 21.3 Å². The van der Waals surface area contributed by atoms with Crippen molar-refractivity contribution in [2.45, 2.75) is 4.90 Å². The van der Waals surface area contributed by atoms with E-state index in [0.717, 1.165) is 11.3 Å². The Kier molecular flexibility index (Phi) is 5.93. The van der Waals surface area contributed by atoms with E-state index in [9.17, 15) is 18.0 Å². The minimum atomic E-state index is -3.88. The van der Waals surface area contributed by atoms with Crippen LogP contribution in [0.1, 0.15) is 25.6 Å². The average Bonchev–Trinajstić information content (AvgIpc) is 3.09. The van der Waals surface area contributed by atoms with Crippen LogP contribution in [0.15, 0.2) is 40.6 Å². The topological polar surface area (TPSA) is 116 Å². The normalized spacial score (nSPS) is 10.6. The number of benzene rings is 1. The number of ether oxygens (including phenoxy) is 1. The number of carbonyl (C=O) groups excluding carboxylic acids is 2. The molecule has 7 nitrogen and oxygen atoms in total. The minimum absolute atomic E-state index is 0.00463. The zero-order valence-electron chi connectivity index (χ0n) is 13.1. The molecule has 0 radical (unpaired) electrons. The van der Waals surface area contributed by atoms with Crippen molar-refractivity contribution in [3.63, 3.8) is 0 Å². The molecule has 1 aromatic carbocycles. The maximum absolute atomic E-state index is 12.2. The SMILES string of the molecule is COC(=O)c1sccc1S(=O)(=O)NCC#Cc1ccc(C(N)=O)cc1. The summed E-state index contributed by atoms with van der Waals surface area (Å²) in [5, 5.41) is 1.49. The number of methoxy groups -OCH3 is 1. The van der Waals surface area contributed by atoms with Crippen LogP contribution in [0.5, 0.6) is 0 Å². The lowest BCUT2D eigenvalue weighted by Crippen LogP contribution is -2.25. The predicted molar refractivity (Wildman–Crippen MR) is 92.7 cm³/mol. The van der Waals surface area contributed by atoms with Gasteiger partial charge < -0.3 is 10.5 Å². The van der Waals surface area contributed by atoms with E-state index in [4.69, 9.17) is 5.73 Å². The van der Waals surface area contributed by atoms with Crippen LogP contribution in [-0.4, -0.2) is 33.9 Å². The number of nitrogens with two attached hydrogens (primary N) is 1. The molecule has 1 aromatic heterocycles. The summed E-state index contributed by atoms with van der Waals surface area (Å²) in [6, 6.07) is 7.61. The summed E-state index contributed by atoms with van der Waals surface area (Å²) in [4.78, 5) is 22.4. The van der Waals surface area contributed by atoms with E-state index in [0.29, 0.717) is 11.1 Å². The largest absolute Gasteiger partial charge is 0.465 e. The number of nitrogens with one attached hydrogen (secondary N) is 1. The van der Waals surface area contributed by atoms with Gasteiger partial charge >= 0.3 is 5.97 Å². The minimum Gasteiger partial charge on any atom is -0.465 e. The number of rotatable bonds is 5. The van der Waals surface area contributed by atoms with Gasteiger partial charge in [-0.3, -0.25) is 4.79 Å². The van der Waals surface area contributed by atoms with Gasteiger partial charge in [0.15, 0.2) is 0 Å². The molecule has 0 saturated carbocycles. The lowest BCUT2D eigenvalue weighted by molar-refractivity contribution is 0.0602. The van der Waals surface area contributed by atoms with Gasteiger partial charge in [0.05, 0.1) is 13.7 Å². The lowest BCUT2D eigenvalue weighted by atomic mass is 10.1. The summed E-state index contributed by atoms with van der Waals surface area (Å²) in [5.74, 6) is 4.17. The third-order valence-electron chi connectivity index (χ3n) is 3.04. The van der Waals surface area contributed by atoms with Crippen LogP contribution in [-0.2, 0) is 14.8 Å². The van der Waals surface area contributed by atoms with Gasteiger partial charge in [0.25, 0.3) is 0 Å². The molecule has 2 rings (SSSR count). The van der Waals surface area contributed by atoms with Crippen LogP contribution in [0.3, 0.4) is 0 Å². The molecular weight excluding hydrogens is 364 g/mol. The van der Waals surface area contributed by atoms with Gasteiger partial charge in [0.1, 0.15) is 9.77 Å². The van der Waals surface area contributed by atoms with Crippen LogP contribution in [0.2, 0.25) is 0 Å². The zero-order valence-corrected chi connectivity index (χ0v) is 14.7. The Morgan fingerprint density at radius 3 is 2.52 bits per heavy atom. The van der Waals surface area contributed by atoms with Crippen molar-refractivity contribution < 1.29 is 22.7 Å².